The highest BCUT2D eigenvalue weighted by atomic mass is 32.2. The molecule has 4 nitrogen and oxygen atoms in total. The quantitative estimate of drug-likeness (QED) is 0.930. The molecule has 1 aromatic rings. The first-order valence-electron chi connectivity index (χ1n) is 7.67. The fourth-order valence-electron chi connectivity index (χ4n) is 2.89. The fraction of sp³-hybridized carbons (Fsp3) is 0.625. The van der Waals surface area contributed by atoms with Crippen LogP contribution >= 0.6 is 0 Å². The van der Waals surface area contributed by atoms with Crippen LogP contribution < -0.4 is 0 Å². The van der Waals surface area contributed by atoms with Crippen molar-refractivity contribution in [1.82, 2.24) is 4.31 Å². The smallest absolute Gasteiger partial charge is 0.243 e. The van der Waals surface area contributed by atoms with Crippen molar-refractivity contribution in [3.05, 3.63) is 29.8 Å². The minimum atomic E-state index is -3.49. The first-order valence-corrected chi connectivity index (χ1v) is 9.11. The maximum atomic E-state index is 12.9. The third-order valence-corrected chi connectivity index (χ3v) is 6.53. The summed E-state index contributed by atoms with van der Waals surface area (Å²) in [5.74, 6) is 0.373. The number of nitrogens with zero attached hydrogens (tertiary/aromatic N) is 1. The minimum absolute atomic E-state index is 0.0171. The van der Waals surface area contributed by atoms with E-state index in [1.54, 1.807) is 28.6 Å². The van der Waals surface area contributed by atoms with E-state index >= 15 is 0 Å². The van der Waals surface area contributed by atoms with Crippen LogP contribution in [0.4, 0.5) is 0 Å². The zero-order valence-electron chi connectivity index (χ0n) is 13.0. The number of sulfonamides is 1. The lowest BCUT2D eigenvalue weighted by Gasteiger charge is -2.36. The molecule has 0 bridgehead atoms. The van der Waals surface area contributed by atoms with Crippen LogP contribution in [0.1, 0.15) is 51.7 Å². The summed E-state index contributed by atoms with van der Waals surface area (Å²) in [6.07, 6.45) is 1.93. The molecule has 1 N–H and O–H groups in total. The molecule has 1 fully saturated rings. The van der Waals surface area contributed by atoms with Gasteiger partial charge >= 0.3 is 0 Å². The van der Waals surface area contributed by atoms with Gasteiger partial charge in [0.05, 0.1) is 11.0 Å². The topological polar surface area (TPSA) is 57.6 Å². The van der Waals surface area contributed by atoms with Gasteiger partial charge in [0.15, 0.2) is 0 Å². The number of benzene rings is 1. The van der Waals surface area contributed by atoms with Gasteiger partial charge in [0, 0.05) is 12.6 Å². The third-order valence-electron chi connectivity index (χ3n) is 4.55. The molecule has 2 rings (SSSR count). The largest absolute Gasteiger partial charge is 0.388 e. The molecule has 1 aromatic carbocycles. The zero-order valence-corrected chi connectivity index (χ0v) is 13.8. The van der Waals surface area contributed by atoms with E-state index in [4.69, 9.17) is 0 Å². The molecule has 3 unspecified atom stereocenters. The lowest BCUT2D eigenvalue weighted by atomic mass is 9.94. The van der Waals surface area contributed by atoms with Crippen LogP contribution in [0.2, 0.25) is 0 Å². The zero-order chi connectivity index (χ0) is 15.6. The first-order chi connectivity index (χ1) is 9.87. The Morgan fingerprint density at radius 2 is 2.10 bits per heavy atom. The molecule has 118 valence electrons. The summed E-state index contributed by atoms with van der Waals surface area (Å²) < 4.78 is 27.3. The minimum Gasteiger partial charge on any atom is -0.388 e. The van der Waals surface area contributed by atoms with Crippen molar-refractivity contribution in [2.24, 2.45) is 5.92 Å². The maximum absolute atomic E-state index is 12.9. The first kappa shape index (κ1) is 16.5. The van der Waals surface area contributed by atoms with Crippen LogP contribution in [0.25, 0.3) is 0 Å². The summed E-state index contributed by atoms with van der Waals surface area (Å²) in [6.45, 7) is 6.53. The van der Waals surface area contributed by atoms with Crippen molar-refractivity contribution in [2.45, 2.75) is 57.1 Å². The van der Waals surface area contributed by atoms with Crippen LogP contribution in [-0.2, 0) is 10.0 Å². The van der Waals surface area contributed by atoms with Crippen molar-refractivity contribution in [2.75, 3.05) is 6.54 Å². The van der Waals surface area contributed by atoms with Gasteiger partial charge < -0.3 is 5.11 Å². The van der Waals surface area contributed by atoms with E-state index < -0.39 is 16.1 Å². The summed E-state index contributed by atoms with van der Waals surface area (Å²) >= 11 is 0. The second-order valence-corrected chi connectivity index (χ2v) is 7.86. The molecule has 21 heavy (non-hydrogen) atoms. The van der Waals surface area contributed by atoms with Crippen molar-refractivity contribution < 1.29 is 13.5 Å². The number of rotatable bonds is 4. The third kappa shape index (κ3) is 3.30. The molecular formula is C16H25NO3S. The standard InChI is InChI=1S/C16H25NO3S/c1-4-16(18)14-8-5-9-15(11-14)21(19,20)17-10-6-7-12(2)13(17)3/h5,8-9,11-13,16,18H,4,6-7,10H2,1-3H3. The van der Waals surface area contributed by atoms with Gasteiger partial charge in [-0.15, -0.1) is 0 Å². The Hall–Kier alpha value is -0.910. The molecule has 1 aliphatic rings. The highest BCUT2D eigenvalue weighted by Gasteiger charge is 2.34. The Kier molecular flexibility index (Phi) is 5.07. The van der Waals surface area contributed by atoms with Crippen molar-refractivity contribution >= 4 is 10.0 Å². The van der Waals surface area contributed by atoms with Crippen molar-refractivity contribution in [3.63, 3.8) is 0 Å². The summed E-state index contributed by atoms with van der Waals surface area (Å²) in [7, 11) is -3.49. The molecule has 1 heterocycles. The normalized spacial score (nSPS) is 25.7. The summed E-state index contributed by atoms with van der Waals surface area (Å²) in [6, 6.07) is 6.72. The predicted octanol–water partition coefficient (Wildman–Crippen LogP) is 2.94. The number of hydrogen-bond donors (Lipinski definition) is 1. The van der Waals surface area contributed by atoms with E-state index in [1.165, 1.54) is 0 Å². The van der Waals surface area contributed by atoms with Crippen LogP contribution in [0, 0.1) is 5.92 Å². The second-order valence-electron chi connectivity index (χ2n) is 5.97. The van der Waals surface area contributed by atoms with Gasteiger partial charge in [0.25, 0.3) is 0 Å². The molecule has 1 saturated heterocycles. The van der Waals surface area contributed by atoms with Gasteiger partial charge in [-0.05, 0) is 49.8 Å². The average Bonchev–Trinajstić information content (AvgIpc) is 2.49. The van der Waals surface area contributed by atoms with E-state index in [2.05, 4.69) is 6.92 Å². The Morgan fingerprint density at radius 3 is 2.76 bits per heavy atom. The monoisotopic (exact) mass is 311 g/mol. The van der Waals surface area contributed by atoms with E-state index in [9.17, 15) is 13.5 Å². The van der Waals surface area contributed by atoms with Crippen LogP contribution in [0.5, 0.6) is 0 Å². The summed E-state index contributed by atoms with van der Waals surface area (Å²) in [5.41, 5.74) is 0.663. The van der Waals surface area contributed by atoms with Gasteiger partial charge in [-0.3, -0.25) is 0 Å². The predicted molar refractivity (Wildman–Crippen MR) is 83.4 cm³/mol. The molecule has 0 radical (unpaired) electrons. The highest BCUT2D eigenvalue weighted by Crippen LogP contribution is 2.30. The maximum Gasteiger partial charge on any atom is 0.243 e. The molecule has 0 saturated carbocycles. The Morgan fingerprint density at radius 1 is 1.38 bits per heavy atom. The molecule has 0 amide bonds. The second kappa shape index (κ2) is 6.46. The van der Waals surface area contributed by atoms with E-state index in [1.807, 2.05) is 13.8 Å². The van der Waals surface area contributed by atoms with E-state index in [-0.39, 0.29) is 10.9 Å². The molecule has 3 atom stereocenters. The molecule has 0 spiro atoms. The average molecular weight is 311 g/mol. The number of piperidine rings is 1. The van der Waals surface area contributed by atoms with E-state index in [0.717, 1.165) is 12.8 Å². The molecule has 0 aromatic heterocycles. The molecule has 5 heteroatoms. The van der Waals surface area contributed by atoms with Crippen molar-refractivity contribution in [3.8, 4) is 0 Å². The van der Waals surface area contributed by atoms with Gasteiger partial charge in [-0.1, -0.05) is 26.0 Å². The van der Waals surface area contributed by atoms with E-state index in [0.29, 0.717) is 24.4 Å². The fourth-order valence-corrected chi connectivity index (χ4v) is 4.71. The summed E-state index contributed by atoms with van der Waals surface area (Å²) in [5, 5.41) is 9.92. The van der Waals surface area contributed by atoms with Gasteiger partial charge in [0.1, 0.15) is 0 Å². The summed E-state index contributed by atoms with van der Waals surface area (Å²) in [4.78, 5) is 0.286. The Balaban J connectivity index is 2.35. The molecule has 1 aliphatic heterocycles. The van der Waals surface area contributed by atoms with Crippen molar-refractivity contribution in [1.29, 1.82) is 0 Å². The van der Waals surface area contributed by atoms with Gasteiger partial charge in [0.2, 0.25) is 10.0 Å². The molecule has 0 aliphatic carbocycles. The lowest BCUT2D eigenvalue weighted by molar-refractivity contribution is 0.173. The van der Waals surface area contributed by atoms with Crippen LogP contribution in [-0.4, -0.2) is 30.4 Å². The number of hydrogen-bond acceptors (Lipinski definition) is 3. The SMILES string of the molecule is CCC(O)c1cccc(S(=O)(=O)N2CCCC(C)C2C)c1. The Labute approximate surface area is 127 Å². The van der Waals surface area contributed by atoms with Gasteiger partial charge in [-0.2, -0.15) is 4.31 Å². The number of aliphatic hydroxyl groups excluding tert-OH is 1. The van der Waals surface area contributed by atoms with Crippen LogP contribution in [0.3, 0.4) is 0 Å². The highest BCUT2D eigenvalue weighted by molar-refractivity contribution is 7.89. The van der Waals surface area contributed by atoms with Gasteiger partial charge in [-0.25, -0.2) is 8.42 Å². The van der Waals surface area contributed by atoms with Crippen LogP contribution in [0.15, 0.2) is 29.2 Å². The molecular weight excluding hydrogens is 286 g/mol. The lowest BCUT2D eigenvalue weighted by Crippen LogP contribution is -2.45. The number of aliphatic hydroxyl groups is 1. The Bertz CT molecular complexity index is 585.